The highest BCUT2D eigenvalue weighted by molar-refractivity contribution is 5.77. The summed E-state index contributed by atoms with van der Waals surface area (Å²) < 4.78 is 7.44. The number of hydrogen-bond donors (Lipinski definition) is 0. The Balaban J connectivity index is 1.84. The van der Waals surface area contributed by atoms with E-state index in [1.165, 1.54) is 0 Å². The van der Waals surface area contributed by atoms with Crippen molar-refractivity contribution in [3.63, 3.8) is 0 Å². The Hall–Kier alpha value is -2.62. The van der Waals surface area contributed by atoms with Crippen LogP contribution in [0.2, 0.25) is 0 Å². The molecule has 2 aromatic carbocycles. The number of fused-ring (bicyclic) bond motifs is 2. The molecule has 0 radical (unpaired) electrons. The minimum Gasteiger partial charge on any atom is -0.454 e. The van der Waals surface area contributed by atoms with Crippen molar-refractivity contribution in [3.05, 3.63) is 70.5 Å². The van der Waals surface area contributed by atoms with Crippen LogP contribution in [0.5, 0.6) is 6.01 Å². The number of aromatic nitrogens is 2. The predicted molar refractivity (Wildman–Crippen MR) is 75.8 cm³/mol. The van der Waals surface area contributed by atoms with E-state index in [0.717, 1.165) is 5.56 Å². The molecule has 4 rings (SSSR count). The quantitative estimate of drug-likeness (QED) is 0.678. The highest BCUT2D eigenvalue weighted by Gasteiger charge is 2.27. The van der Waals surface area contributed by atoms with Crippen molar-refractivity contribution < 1.29 is 4.74 Å². The summed E-state index contributed by atoms with van der Waals surface area (Å²) in [5, 5.41) is 0.633. The van der Waals surface area contributed by atoms with Gasteiger partial charge in [0.05, 0.1) is 17.4 Å². The zero-order valence-electron chi connectivity index (χ0n) is 10.7. The largest absolute Gasteiger partial charge is 0.454 e. The van der Waals surface area contributed by atoms with Gasteiger partial charge in [-0.25, -0.2) is 0 Å². The smallest absolute Gasteiger partial charge is 0.300 e. The standard InChI is InChI=1S/C16H12N2O2/c19-15-12-8-4-5-9-13(12)17-16-18(15)10-14(20-16)11-6-2-1-3-7-11/h1-9,14H,10H2/t14-/m0/s1. The number of hydrogen-bond acceptors (Lipinski definition) is 3. The van der Waals surface area contributed by atoms with Gasteiger partial charge in [0.1, 0.15) is 6.10 Å². The molecule has 3 aromatic rings. The molecule has 0 saturated heterocycles. The second-order valence-electron chi connectivity index (χ2n) is 4.84. The van der Waals surface area contributed by atoms with Gasteiger partial charge in [-0.3, -0.25) is 9.36 Å². The minimum atomic E-state index is -0.145. The number of nitrogens with zero attached hydrogens (tertiary/aromatic N) is 2. The van der Waals surface area contributed by atoms with Gasteiger partial charge >= 0.3 is 6.01 Å². The highest BCUT2D eigenvalue weighted by atomic mass is 16.5. The summed E-state index contributed by atoms with van der Waals surface area (Å²) in [5.74, 6) is 0. The van der Waals surface area contributed by atoms with Crippen LogP contribution in [-0.2, 0) is 6.54 Å². The van der Waals surface area contributed by atoms with Crippen LogP contribution in [0.3, 0.4) is 0 Å². The Kier molecular flexibility index (Phi) is 2.36. The number of rotatable bonds is 1. The first-order valence-corrected chi connectivity index (χ1v) is 6.54. The van der Waals surface area contributed by atoms with Crippen molar-refractivity contribution in [1.82, 2.24) is 9.55 Å². The van der Waals surface area contributed by atoms with E-state index in [-0.39, 0.29) is 11.7 Å². The molecular weight excluding hydrogens is 252 g/mol. The van der Waals surface area contributed by atoms with E-state index >= 15 is 0 Å². The van der Waals surface area contributed by atoms with Crippen molar-refractivity contribution >= 4 is 10.9 Å². The van der Waals surface area contributed by atoms with Gasteiger partial charge < -0.3 is 4.74 Å². The molecule has 1 atom stereocenters. The molecule has 0 bridgehead atoms. The fourth-order valence-electron chi connectivity index (χ4n) is 2.57. The average molecular weight is 264 g/mol. The Morgan fingerprint density at radius 2 is 1.80 bits per heavy atom. The van der Waals surface area contributed by atoms with Crippen LogP contribution in [0.4, 0.5) is 0 Å². The Morgan fingerprint density at radius 1 is 1.05 bits per heavy atom. The first kappa shape index (κ1) is 11.2. The SMILES string of the molecule is O=c1c2ccccc2nc2n1C[C@@H](c1ccccc1)O2. The summed E-state index contributed by atoms with van der Waals surface area (Å²) in [6.07, 6.45) is -0.145. The minimum absolute atomic E-state index is 0.0379. The van der Waals surface area contributed by atoms with E-state index in [9.17, 15) is 4.79 Å². The summed E-state index contributed by atoms with van der Waals surface area (Å²) in [5.41, 5.74) is 1.70. The van der Waals surface area contributed by atoms with Gasteiger partial charge in [-0.05, 0) is 17.7 Å². The molecule has 0 fully saturated rings. The maximum atomic E-state index is 12.4. The van der Waals surface area contributed by atoms with Crippen molar-refractivity contribution in [2.75, 3.05) is 0 Å². The molecule has 98 valence electrons. The molecule has 0 saturated carbocycles. The first-order chi connectivity index (χ1) is 9.83. The van der Waals surface area contributed by atoms with Gasteiger partial charge in [0.25, 0.3) is 5.56 Å². The van der Waals surface area contributed by atoms with Crippen LogP contribution in [0.25, 0.3) is 10.9 Å². The van der Waals surface area contributed by atoms with Gasteiger partial charge in [-0.2, -0.15) is 4.98 Å². The molecule has 2 heterocycles. The lowest BCUT2D eigenvalue weighted by Crippen LogP contribution is -2.18. The summed E-state index contributed by atoms with van der Waals surface area (Å²) in [6, 6.07) is 17.7. The lowest BCUT2D eigenvalue weighted by Gasteiger charge is -2.07. The van der Waals surface area contributed by atoms with E-state index in [0.29, 0.717) is 23.5 Å². The topological polar surface area (TPSA) is 44.1 Å². The van der Waals surface area contributed by atoms with E-state index < -0.39 is 0 Å². The molecule has 1 aromatic heterocycles. The van der Waals surface area contributed by atoms with Crippen molar-refractivity contribution in [1.29, 1.82) is 0 Å². The van der Waals surface area contributed by atoms with Crippen LogP contribution in [0.1, 0.15) is 11.7 Å². The van der Waals surface area contributed by atoms with Gasteiger partial charge in [-0.1, -0.05) is 42.5 Å². The van der Waals surface area contributed by atoms with Crippen LogP contribution >= 0.6 is 0 Å². The third-order valence-electron chi connectivity index (χ3n) is 3.59. The molecule has 0 spiro atoms. The number of para-hydroxylation sites is 1. The van der Waals surface area contributed by atoms with Crippen molar-refractivity contribution in [3.8, 4) is 6.01 Å². The van der Waals surface area contributed by atoms with E-state index in [1.807, 2.05) is 48.5 Å². The monoisotopic (exact) mass is 264 g/mol. The highest BCUT2D eigenvalue weighted by Crippen LogP contribution is 2.29. The molecule has 4 nitrogen and oxygen atoms in total. The van der Waals surface area contributed by atoms with Gasteiger partial charge in [0, 0.05) is 0 Å². The first-order valence-electron chi connectivity index (χ1n) is 6.54. The van der Waals surface area contributed by atoms with Crippen LogP contribution in [-0.4, -0.2) is 9.55 Å². The number of ether oxygens (including phenoxy) is 1. The van der Waals surface area contributed by atoms with E-state index in [1.54, 1.807) is 10.6 Å². The van der Waals surface area contributed by atoms with Gasteiger partial charge in [0.15, 0.2) is 0 Å². The lowest BCUT2D eigenvalue weighted by atomic mass is 10.1. The summed E-state index contributed by atoms with van der Waals surface area (Å²) in [6.45, 7) is 0.510. The summed E-state index contributed by atoms with van der Waals surface area (Å²) >= 11 is 0. The third-order valence-corrected chi connectivity index (χ3v) is 3.59. The Morgan fingerprint density at radius 3 is 2.65 bits per heavy atom. The van der Waals surface area contributed by atoms with Crippen LogP contribution in [0, 0.1) is 0 Å². The fourth-order valence-corrected chi connectivity index (χ4v) is 2.57. The zero-order valence-corrected chi connectivity index (χ0v) is 10.7. The van der Waals surface area contributed by atoms with Crippen LogP contribution < -0.4 is 10.3 Å². The second kappa shape index (κ2) is 4.20. The molecular formula is C16H12N2O2. The summed E-state index contributed by atoms with van der Waals surface area (Å²) in [4.78, 5) is 16.9. The van der Waals surface area contributed by atoms with E-state index in [4.69, 9.17) is 4.74 Å². The normalized spacial score (nSPS) is 16.9. The average Bonchev–Trinajstić information content (AvgIpc) is 2.93. The molecule has 0 amide bonds. The Labute approximate surface area is 115 Å². The molecule has 1 aliphatic rings. The molecule has 0 unspecified atom stereocenters. The third kappa shape index (κ3) is 1.61. The van der Waals surface area contributed by atoms with E-state index in [2.05, 4.69) is 4.98 Å². The van der Waals surface area contributed by atoms with Crippen molar-refractivity contribution in [2.45, 2.75) is 12.6 Å². The maximum Gasteiger partial charge on any atom is 0.300 e. The molecule has 0 aliphatic carbocycles. The predicted octanol–water partition coefficient (Wildman–Crippen LogP) is 2.53. The molecule has 0 N–H and O–H groups in total. The summed E-state index contributed by atoms with van der Waals surface area (Å²) in [7, 11) is 0. The van der Waals surface area contributed by atoms with Gasteiger partial charge in [0.2, 0.25) is 0 Å². The zero-order chi connectivity index (χ0) is 13.5. The molecule has 4 heteroatoms. The number of benzene rings is 2. The maximum absolute atomic E-state index is 12.4. The van der Waals surface area contributed by atoms with Crippen molar-refractivity contribution in [2.24, 2.45) is 0 Å². The fraction of sp³-hybridized carbons (Fsp3) is 0.125. The van der Waals surface area contributed by atoms with Crippen LogP contribution in [0.15, 0.2) is 59.4 Å². The Bertz CT molecular complexity index is 840. The van der Waals surface area contributed by atoms with Gasteiger partial charge in [-0.15, -0.1) is 0 Å². The molecule has 20 heavy (non-hydrogen) atoms. The lowest BCUT2D eigenvalue weighted by molar-refractivity contribution is 0.231. The molecule has 1 aliphatic heterocycles. The second-order valence-corrected chi connectivity index (χ2v) is 4.84.